The summed E-state index contributed by atoms with van der Waals surface area (Å²) in [4.78, 5) is 6.06. The van der Waals surface area contributed by atoms with Crippen LogP contribution in [0.25, 0.3) is 22.0 Å². The lowest BCUT2D eigenvalue weighted by atomic mass is 9.84. The highest BCUT2D eigenvalue weighted by Gasteiger charge is 2.32. The monoisotopic (exact) mass is 634 g/mol. The predicted molar refractivity (Wildman–Crippen MR) is 181 cm³/mol. The lowest BCUT2D eigenvalue weighted by molar-refractivity contribution is 0.298. The molecule has 0 saturated heterocycles. The fourth-order valence-electron chi connectivity index (χ4n) is 6.36. The summed E-state index contributed by atoms with van der Waals surface area (Å²) in [5.74, 6) is 1.73. The molecule has 3 aromatic carbocycles. The molecule has 0 spiro atoms. The van der Waals surface area contributed by atoms with Gasteiger partial charge in [-0.3, -0.25) is 4.98 Å². The quantitative estimate of drug-likeness (QED) is 0.163. The average Bonchev–Trinajstić information content (AvgIpc) is 3.63. The average molecular weight is 635 g/mol. The standard InChI is InChI=1S/C36H35ClN6OS/c1-23-16-29-32(44-22-28-13-12-26(20-38-28)25-9-5-4-6-10-25)15-14-30-34(29)35(45-23)31(18-36(2,3)19-33-39-41-42-40-33)43(30)21-24-8-7-11-27(37)17-24/h4-15,17,20,23H,16,18-19,21-22H2,1-3H3,(H,39,40,41,42). The Labute approximate surface area is 272 Å². The van der Waals surface area contributed by atoms with Crippen LogP contribution in [-0.4, -0.2) is 35.4 Å². The van der Waals surface area contributed by atoms with E-state index < -0.39 is 0 Å². The van der Waals surface area contributed by atoms with Gasteiger partial charge >= 0.3 is 0 Å². The van der Waals surface area contributed by atoms with Gasteiger partial charge < -0.3 is 9.30 Å². The maximum atomic E-state index is 6.53. The number of benzene rings is 3. The number of halogens is 1. The number of nitrogens with one attached hydrogen (secondary N) is 1. The van der Waals surface area contributed by atoms with Crippen molar-refractivity contribution in [2.24, 2.45) is 5.41 Å². The predicted octanol–water partition coefficient (Wildman–Crippen LogP) is 8.35. The van der Waals surface area contributed by atoms with Crippen LogP contribution in [0.3, 0.4) is 0 Å². The van der Waals surface area contributed by atoms with E-state index >= 15 is 0 Å². The Morgan fingerprint density at radius 3 is 2.62 bits per heavy atom. The topological polar surface area (TPSA) is 81.5 Å². The van der Waals surface area contributed by atoms with Gasteiger partial charge in [0.25, 0.3) is 0 Å². The van der Waals surface area contributed by atoms with Gasteiger partial charge in [0.2, 0.25) is 0 Å². The molecule has 1 atom stereocenters. The van der Waals surface area contributed by atoms with Crippen LogP contribution in [-0.2, 0) is 32.4 Å². The SMILES string of the molecule is CC1Cc2c(OCc3ccc(-c4ccccc4)cn3)ccc3c2c(c(CC(C)(C)Cc2nnn[nH]2)n3Cc2cccc(Cl)c2)S1. The molecule has 1 N–H and O–H groups in total. The summed E-state index contributed by atoms with van der Waals surface area (Å²) < 4.78 is 9.02. The number of rotatable bonds is 10. The zero-order valence-corrected chi connectivity index (χ0v) is 27.2. The number of aromatic amines is 1. The number of hydrogen-bond donors (Lipinski definition) is 1. The molecule has 0 aliphatic carbocycles. The van der Waals surface area contributed by atoms with Crippen molar-refractivity contribution >= 4 is 34.3 Å². The van der Waals surface area contributed by atoms with Crippen LogP contribution < -0.4 is 4.74 Å². The Kier molecular flexibility index (Phi) is 8.10. The molecule has 0 saturated carbocycles. The highest BCUT2D eigenvalue weighted by molar-refractivity contribution is 8.00. The number of ether oxygens (including phenoxy) is 1. The molecule has 1 aliphatic rings. The summed E-state index contributed by atoms with van der Waals surface area (Å²) in [7, 11) is 0. The molecule has 0 amide bonds. The first kappa shape index (κ1) is 29.6. The zero-order chi connectivity index (χ0) is 31.0. The van der Waals surface area contributed by atoms with E-state index in [1.54, 1.807) is 0 Å². The van der Waals surface area contributed by atoms with E-state index in [1.807, 2.05) is 48.3 Å². The lowest BCUT2D eigenvalue weighted by Crippen LogP contribution is -2.22. The maximum Gasteiger partial charge on any atom is 0.148 e. The van der Waals surface area contributed by atoms with Crippen molar-refractivity contribution < 1.29 is 4.74 Å². The minimum atomic E-state index is -0.0868. The van der Waals surface area contributed by atoms with Crippen LogP contribution in [0.2, 0.25) is 5.02 Å². The Morgan fingerprint density at radius 2 is 1.87 bits per heavy atom. The fraction of sp³-hybridized carbons (Fsp3) is 0.278. The molecule has 0 bridgehead atoms. The second-order valence-corrected chi connectivity index (χ2v) is 14.5. The van der Waals surface area contributed by atoms with Crippen molar-refractivity contribution in [1.29, 1.82) is 0 Å². The summed E-state index contributed by atoms with van der Waals surface area (Å²) >= 11 is 8.40. The minimum Gasteiger partial charge on any atom is -0.487 e. The summed E-state index contributed by atoms with van der Waals surface area (Å²) in [6, 6.07) is 27.0. The molecule has 6 aromatic rings. The largest absolute Gasteiger partial charge is 0.487 e. The van der Waals surface area contributed by atoms with Crippen LogP contribution >= 0.6 is 23.4 Å². The molecule has 228 valence electrons. The molecule has 1 aliphatic heterocycles. The molecule has 45 heavy (non-hydrogen) atoms. The third-order valence-corrected chi connectivity index (χ3v) is 9.86. The van der Waals surface area contributed by atoms with Crippen molar-refractivity contribution in [3.63, 3.8) is 0 Å². The Balaban J connectivity index is 1.25. The third-order valence-electron chi connectivity index (χ3n) is 8.38. The van der Waals surface area contributed by atoms with Gasteiger partial charge in [0.15, 0.2) is 0 Å². The molecule has 9 heteroatoms. The van der Waals surface area contributed by atoms with Crippen LogP contribution in [0, 0.1) is 5.41 Å². The molecule has 4 heterocycles. The van der Waals surface area contributed by atoms with Crippen molar-refractivity contribution in [3.05, 3.63) is 118 Å². The van der Waals surface area contributed by atoms with Crippen LogP contribution in [0.5, 0.6) is 5.75 Å². The number of hydrogen-bond acceptors (Lipinski definition) is 6. The summed E-state index contributed by atoms with van der Waals surface area (Å²) in [6.45, 7) is 8.03. The van der Waals surface area contributed by atoms with E-state index in [1.165, 1.54) is 32.6 Å². The van der Waals surface area contributed by atoms with E-state index in [9.17, 15) is 0 Å². The Hall–Kier alpha value is -4.14. The smallest absolute Gasteiger partial charge is 0.148 e. The van der Waals surface area contributed by atoms with Gasteiger partial charge in [0, 0.05) is 56.5 Å². The van der Waals surface area contributed by atoms with Crippen molar-refractivity contribution in [2.75, 3.05) is 0 Å². The normalized spacial score (nSPS) is 14.6. The highest BCUT2D eigenvalue weighted by Crippen LogP contribution is 2.48. The fourth-order valence-corrected chi connectivity index (χ4v) is 7.89. The molecule has 7 nitrogen and oxygen atoms in total. The van der Waals surface area contributed by atoms with Gasteiger partial charge in [-0.2, -0.15) is 0 Å². The maximum absolute atomic E-state index is 6.53. The molecule has 3 aromatic heterocycles. The van der Waals surface area contributed by atoms with E-state index in [4.69, 9.17) is 21.3 Å². The summed E-state index contributed by atoms with van der Waals surface area (Å²) in [5, 5.41) is 17.2. The van der Waals surface area contributed by atoms with Crippen molar-refractivity contribution in [1.82, 2.24) is 30.2 Å². The molecule has 7 rings (SSSR count). The van der Waals surface area contributed by atoms with Gasteiger partial charge in [-0.05, 0) is 70.1 Å². The number of aromatic nitrogens is 6. The van der Waals surface area contributed by atoms with E-state index in [0.29, 0.717) is 11.9 Å². The Bertz CT molecular complexity index is 1940. The second-order valence-electron chi connectivity index (χ2n) is 12.6. The van der Waals surface area contributed by atoms with Crippen LogP contribution in [0.15, 0.2) is 90.0 Å². The van der Waals surface area contributed by atoms with Crippen molar-refractivity contribution in [2.45, 2.75) is 63.3 Å². The van der Waals surface area contributed by atoms with Crippen LogP contribution in [0.1, 0.15) is 49.1 Å². The highest BCUT2D eigenvalue weighted by atomic mass is 35.5. The summed E-state index contributed by atoms with van der Waals surface area (Å²) in [6.07, 6.45) is 4.48. The first-order valence-corrected chi connectivity index (χ1v) is 16.5. The van der Waals surface area contributed by atoms with E-state index in [0.717, 1.165) is 59.2 Å². The molecule has 1 unspecified atom stereocenters. The van der Waals surface area contributed by atoms with Gasteiger partial charge in [0.05, 0.1) is 11.2 Å². The number of H-pyrrole nitrogens is 1. The number of tetrazole rings is 1. The van der Waals surface area contributed by atoms with Crippen LogP contribution in [0.4, 0.5) is 0 Å². The molecule has 0 fully saturated rings. The summed E-state index contributed by atoms with van der Waals surface area (Å²) in [5.41, 5.74) is 8.08. The first-order chi connectivity index (χ1) is 21.8. The lowest BCUT2D eigenvalue weighted by Gasteiger charge is -2.26. The second kappa shape index (κ2) is 12.3. The third kappa shape index (κ3) is 6.35. The van der Waals surface area contributed by atoms with Gasteiger partial charge in [-0.1, -0.05) is 80.9 Å². The van der Waals surface area contributed by atoms with E-state index in [-0.39, 0.29) is 5.41 Å². The Morgan fingerprint density at radius 1 is 1.00 bits per heavy atom. The van der Waals surface area contributed by atoms with Gasteiger partial charge in [0.1, 0.15) is 18.2 Å². The first-order valence-electron chi connectivity index (χ1n) is 15.3. The van der Waals surface area contributed by atoms with Gasteiger partial charge in [-0.25, -0.2) is 5.10 Å². The number of nitrogens with zero attached hydrogens (tertiary/aromatic N) is 5. The van der Waals surface area contributed by atoms with Gasteiger partial charge in [-0.15, -0.1) is 16.9 Å². The zero-order valence-electron chi connectivity index (χ0n) is 25.6. The number of thioether (sulfide) groups is 1. The molecular weight excluding hydrogens is 600 g/mol. The van der Waals surface area contributed by atoms with E-state index in [2.05, 4.69) is 94.5 Å². The number of pyridine rings is 1. The molecular formula is C36H35ClN6OS. The molecule has 0 radical (unpaired) electrons. The van der Waals surface area contributed by atoms with Crippen molar-refractivity contribution in [3.8, 4) is 16.9 Å². The minimum absolute atomic E-state index is 0.0868.